The lowest BCUT2D eigenvalue weighted by molar-refractivity contribution is -0.0115. The first-order chi connectivity index (χ1) is 10.0. The van der Waals surface area contributed by atoms with Gasteiger partial charge in [-0.25, -0.2) is 0 Å². The minimum atomic E-state index is -0.537. The molecule has 1 aromatic heterocycles. The van der Waals surface area contributed by atoms with Crippen LogP contribution in [0, 0.1) is 5.92 Å². The van der Waals surface area contributed by atoms with E-state index in [1.165, 1.54) is 31.4 Å². The van der Waals surface area contributed by atoms with E-state index in [0.29, 0.717) is 0 Å². The van der Waals surface area contributed by atoms with Gasteiger partial charge >= 0.3 is 0 Å². The average Bonchev–Trinajstić information content (AvgIpc) is 2.78. The topological polar surface area (TPSA) is 38.1 Å². The van der Waals surface area contributed by atoms with Crippen molar-refractivity contribution in [3.8, 4) is 0 Å². The zero-order valence-corrected chi connectivity index (χ0v) is 15.2. The van der Waals surface area contributed by atoms with Gasteiger partial charge in [-0.15, -0.1) is 0 Å². The number of nitrogens with zero attached hydrogens (tertiary/aromatic N) is 2. The van der Waals surface area contributed by atoms with Crippen molar-refractivity contribution in [1.82, 2.24) is 9.78 Å². The Balaban J connectivity index is 2.09. The molecule has 1 aliphatic rings. The number of hydrogen-bond acceptors (Lipinski definition) is 2. The summed E-state index contributed by atoms with van der Waals surface area (Å²) in [6, 6.07) is 0. The zero-order valence-electron chi connectivity index (χ0n) is 13.7. The van der Waals surface area contributed by atoms with Gasteiger partial charge in [-0.1, -0.05) is 26.7 Å². The Hall–Kier alpha value is -0.350. The molecule has 1 N–H and O–H groups in total. The maximum absolute atomic E-state index is 11.0. The smallest absolute Gasteiger partial charge is 0.0766 e. The Bertz CT molecular complexity index is 462. The number of aryl methyl sites for hydroxylation is 2. The van der Waals surface area contributed by atoms with Gasteiger partial charge in [0.05, 0.1) is 21.5 Å². The van der Waals surface area contributed by atoms with Crippen LogP contribution in [0.15, 0.2) is 4.47 Å². The van der Waals surface area contributed by atoms with E-state index < -0.39 is 5.60 Å². The van der Waals surface area contributed by atoms with Crippen LogP contribution >= 0.6 is 15.9 Å². The molecule has 1 aromatic rings. The molecule has 0 unspecified atom stereocenters. The second kappa shape index (κ2) is 7.28. The van der Waals surface area contributed by atoms with Crippen molar-refractivity contribution in [2.75, 3.05) is 0 Å². The zero-order chi connectivity index (χ0) is 15.5. The van der Waals surface area contributed by atoms with Crippen LogP contribution < -0.4 is 0 Å². The minimum absolute atomic E-state index is 0.537. The summed E-state index contributed by atoms with van der Waals surface area (Å²) in [5.74, 6) is 0.820. The molecule has 0 radical (unpaired) electrons. The lowest BCUT2D eigenvalue weighted by atomic mass is 9.75. The van der Waals surface area contributed by atoms with Crippen LogP contribution in [0.5, 0.6) is 0 Å². The van der Waals surface area contributed by atoms with E-state index >= 15 is 0 Å². The summed E-state index contributed by atoms with van der Waals surface area (Å²) in [6.45, 7) is 7.36. The van der Waals surface area contributed by atoms with Gasteiger partial charge in [0.15, 0.2) is 0 Å². The Morgan fingerprint density at radius 3 is 2.48 bits per heavy atom. The van der Waals surface area contributed by atoms with E-state index in [9.17, 15) is 5.11 Å². The molecule has 0 amide bonds. The Morgan fingerprint density at radius 1 is 1.29 bits per heavy atom. The first-order valence-electron chi connectivity index (χ1n) is 8.49. The van der Waals surface area contributed by atoms with E-state index in [1.807, 2.05) is 0 Å². The van der Waals surface area contributed by atoms with Crippen LogP contribution in [-0.4, -0.2) is 20.5 Å². The van der Waals surface area contributed by atoms with Crippen LogP contribution in [0.2, 0.25) is 0 Å². The van der Waals surface area contributed by atoms with Gasteiger partial charge < -0.3 is 5.11 Å². The largest absolute Gasteiger partial charge is 0.389 e. The van der Waals surface area contributed by atoms with Gasteiger partial charge in [0, 0.05) is 13.0 Å². The molecule has 1 aliphatic carbocycles. The van der Waals surface area contributed by atoms with Gasteiger partial charge in [-0.2, -0.15) is 5.10 Å². The average molecular weight is 357 g/mol. The Labute approximate surface area is 137 Å². The molecule has 4 heteroatoms. The predicted molar refractivity (Wildman–Crippen MR) is 90.5 cm³/mol. The molecule has 0 atom stereocenters. The van der Waals surface area contributed by atoms with Crippen molar-refractivity contribution in [3.63, 3.8) is 0 Å². The van der Waals surface area contributed by atoms with Crippen molar-refractivity contribution in [2.45, 2.75) is 84.3 Å². The van der Waals surface area contributed by atoms with Gasteiger partial charge in [-0.05, 0) is 60.9 Å². The SMILES string of the molecule is CCCC1CCC(O)(Cc2c(Br)c(CC)nn2CC)CC1. The third-order valence-electron chi connectivity index (χ3n) is 4.92. The molecule has 0 aromatic carbocycles. The fourth-order valence-corrected chi connectivity index (χ4v) is 4.29. The molecule has 3 nitrogen and oxygen atoms in total. The van der Waals surface area contributed by atoms with Crippen LogP contribution in [0.3, 0.4) is 0 Å². The number of rotatable bonds is 6. The quantitative estimate of drug-likeness (QED) is 0.815. The number of aromatic nitrogens is 2. The maximum atomic E-state index is 11.0. The highest BCUT2D eigenvalue weighted by molar-refractivity contribution is 9.10. The second-order valence-electron chi connectivity index (χ2n) is 6.51. The fourth-order valence-electron chi connectivity index (χ4n) is 3.59. The van der Waals surface area contributed by atoms with Crippen LogP contribution in [0.25, 0.3) is 0 Å². The van der Waals surface area contributed by atoms with Gasteiger partial charge in [0.25, 0.3) is 0 Å². The van der Waals surface area contributed by atoms with Gasteiger partial charge in [-0.3, -0.25) is 4.68 Å². The van der Waals surface area contributed by atoms with E-state index in [0.717, 1.165) is 48.3 Å². The highest BCUT2D eigenvalue weighted by Gasteiger charge is 2.35. The summed E-state index contributed by atoms with van der Waals surface area (Å²) >= 11 is 3.70. The van der Waals surface area contributed by atoms with Gasteiger partial charge in [0.2, 0.25) is 0 Å². The van der Waals surface area contributed by atoms with Crippen LogP contribution in [-0.2, 0) is 19.4 Å². The summed E-state index contributed by atoms with van der Waals surface area (Å²) < 4.78 is 3.16. The molecule has 0 bridgehead atoms. The monoisotopic (exact) mass is 356 g/mol. The van der Waals surface area contributed by atoms with E-state index in [1.54, 1.807) is 0 Å². The lowest BCUT2D eigenvalue weighted by Gasteiger charge is -2.36. The van der Waals surface area contributed by atoms with Crippen molar-refractivity contribution < 1.29 is 5.11 Å². The first-order valence-corrected chi connectivity index (χ1v) is 9.28. The molecule has 2 rings (SSSR count). The molecule has 21 heavy (non-hydrogen) atoms. The summed E-state index contributed by atoms with van der Waals surface area (Å²) in [6.07, 6.45) is 8.43. The second-order valence-corrected chi connectivity index (χ2v) is 7.30. The van der Waals surface area contributed by atoms with E-state index in [-0.39, 0.29) is 0 Å². The van der Waals surface area contributed by atoms with Crippen molar-refractivity contribution in [1.29, 1.82) is 0 Å². The molecular formula is C17H29BrN2O. The standard InChI is InChI=1S/C17H29BrN2O/c1-4-7-13-8-10-17(21,11-9-13)12-15-16(18)14(5-2)19-20(15)6-3/h13,21H,4-12H2,1-3H3. The first kappa shape index (κ1) is 17.0. The molecule has 1 saturated carbocycles. The Kier molecular flexibility index (Phi) is 5.89. The third-order valence-corrected chi connectivity index (χ3v) is 5.84. The highest BCUT2D eigenvalue weighted by Crippen LogP contribution is 2.38. The normalized spacial score (nSPS) is 26.2. The number of aliphatic hydroxyl groups is 1. The highest BCUT2D eigenvalue weighted by atomic mass is 79.9. The summed E-state index contributed by atoms with van der Waals surface area (Å²) in [4.78, 5) is 0. The Morgan fingerprint density at radius 2 is 1.95 bits per heavy atom. The van der Waals surface area contributed by atoms with E-state index in [4.69, 9.17) is 0 Å². The molecule has 0 spiro atoms. The molecular weight excluding hydrogens is 328 g/mol. The maximum Gasteiger partial charge on any atom is 0.0766 e. The minimum Gasteiger partial charge on any atom is -0.389 e. The van der Waals surface area contributed by atoms with Crippen molar-refractivity contribution >= 4 is 15.9 Å². The molecule has 1 fully saturated rings. The number of halogens is 1. The number of hydrogen-bond donors (Lipinski definition) is 1. The fraction of sp³-hybridized carbons (Fsp3) is 0.824. The third kappa shape index (κ3) is 3.89. The van der Waals surface area contributed by atoms with Crippen molar-refractivity contribution in [3.05, 3.63) is 15.9 Å². The lowest BCUT2D eigenvalue weighted by Crippen LogP contribution is -2.37. The van der Waals surface area contributed by atoms with Crippen molar-refractivity contribution in [2.24, 2.45) is 5.92 Å². The van der Waals surface area contributed by atoms with Gasteiger partial charge in [0.1, 0.15) is 0 Å². The van der Waals surface area contributed by atoms with Crippen LogP contribution in [0.4, 0.5) is 0 Å². The summed E-state index contributed by atoms with van der Waals surface area (Å²) in [7, 11) is 0. The van der Waals surface area contributed by atoms with Crippen LogP contribution in [0.1, 0.15) is 70.7 Å². The molecule has 0 saturated heterocycles. The molecule has 1 heterocycles. The summed E-state index contributed by atoms with van der Waals surface area (Å²) in [5.41, 5.74) is 1.74. The summed E-state index contributed by atoms with van der Waals surface area (Å²) in [5, 5.41) is 15.6. The van der Waals surface area contributed by atoms with E-state index in [2.05, 4.69) is 46.5 Å². The predicted octanol–water partition coefficient (Wildman–Crippen LogP) is 4.49. The molecule has 0 aliphatic heterocycles. The molecule has 120 valence electrons.